The Labute approximate surface area is 85.5 Å². The molecular formula is C10H21NO3. The maximum absolute atomic E-state index is 11.6. The molecule has 0 fully saturated rings. The summed E-state index contributed by atoms with van der Waals surface area (Å²) in [6, 6.07) is 0.128. The average molecular weight is 203 g/mol. The lowest BCUT2D eigenvalue weighted by Crippen LogP contribution is -2.38. The summed E-state index contributed by atoms with van der Waals surface area (Å²) in [5.74, 6) is 0.0579. The Morgan fingerprint density at radius 3 is 2.29 bits per heavy atom. The molecule has 0 aliphatic heterocycles. The average Bonchev–Trinajstić information content (AvgIpc) is 2.13. The number of nitrogens with zero attached hydrogens (tertiary/aromatic N) is 1. The van der Waals surface area contributed by atoms with Crippen LogP contribution in [0.3, 0.4) is 0 Å². The molecule has 0 radical (unpaired) electrons. The van der Waals surface area contributed by atoms with Crippen molar-refractivity contribution in [1.82, 2.24) is 4.90 Å². The predicted molar refractivity (Wildman–Crippen MR) is 54.9 cm³/mol. The maximum atomic E-state index is 11.6. The lowest BCUT2D eigenvalue weighted by atomic mass is 10.2. The molecule has 0 rings (SSSR count). The van der Waals surface area contributed by atoms with Gasteiger partial charge in [0.1, 0.15) is 0 Å². The Balaban J connectivity index is 3.89. The molecule has 4 nitrogen and oxygen atoms in total. The standard InChI is InChI=1S/C10H21NO3/c1-9(2)11(6-8-13)10(14)5-3-4-7-12/h9,12-13H,3-8H2,1-2H3. The molecule has 84 valence electrons. The summed E-state index contributed by atoms with van der Waals surface area (Å²) in [6.45, 7) is 4.40. The number of hydrogen-bond acceptors (Lipinski definition) is 3. The van der Waals surface area contributed by atoms with Crippen molar-refractivity contribution in [2.75, 3.05) is 19.8 Å². The van der Waals surface area contributed by atoms with Crippen molar-refractivity contribution in [1.29, 1.82) is 0 Å². The quantitative estimate of drug-likeness (QED) is 0.588. The molecule has 1 amide bonds. The predicted octanol–water partition coefficient (Wildman–Crippen LogP) is 0.378. The zero-order valence-corrected chi connectivity index (χ0v) is 9.07. The van der Waals surface area contributed by atoms with Crippen molar-refractivity contribution in [2.45, 2.75) is 39.2 Å². The van der Waals surface area contributed by atoms with E-state index in [9.17, 15) is 4.79 Å². The summed E-state index contributed by atoms with van der Waals surface area (Å²) >= 11 is 0. The van der Waals surface area contributed by atoms with Gasteiger partial charge in [0.15, 0.2) is 0 Å². The highest BCUT2D eigenvalue weighted by atomic mass is 16.3. The molecule has 4 heteroatoms. The van der Waals surface area contributed by atoms with Crippen LogP contribution >= 0.6 is 0 Å². The Kier molecular flexibility index (Phi) is 7.42. The number of unbranched alkanes of at least 4 members (excludes halogenated alkanes) is 1. The van der Waals surface area contributed by atoms with E-state index in [4.69, 9.17) is 10.2 Å². The lowest BCUT2D eigenvalue weighted by Gasteiger charge is -2.25. The topological polar surface area (TPSA) is 60.8 Å². The third-order valence-corrected chi connectivity index (χ3v) is 2.08. The number of amides is 1. The summed E-state index contributed by atoms with van der Waals surface area (Å²) in [6.07, 6.45) is 1.83. The third kappa shape index (κ3) is 5.19. The second kappa shape index (κ2) is 7.76. The normalized spacial score (nSPS) is 10.6. The van der Waals surface area contributed by atoms with Crippen molar-refractivity contribution in [3.8, 4) is 0 Å². The van der Waals surface area contributed by atoms with Crippen molar-refractivity contribution < 1.29 is 15.0 Å². The van der Waals surface area contributed by atoms with Crippen molar-refractivity contribution in [2.24, 2.45) is 0 Å². The van der Waals surface area contributed by atoms with Gasteiger partial charge in [-0.3, -0.25) is 4.79 Å². The molecule has 0 bridgehead atoms. The van der Waals surface area contributed by atoms with Crippen LogP contribution in [0.2, 0.25) is 0 Å². The van der Waals surface area contributed by atoms with Gasteiger partial charge in [-0.05, 0) is 26.7 Å². The summed E-state index contributed by atoms with van der Waals surface area (Å²) in [7, 11) is 0. The van der Waals surface area contributed by atoms with Crippen LogP contribution < -0.4 is 0 Å². The minimum Gasteiger partial charge on any atom is -0.396 e. The monoisotopic (exact) mass is 203 g/mol. The lowest BCUT2D eigenvalue weighted by molar-refractivity contribution is -0.133. The fraction of sp³-hybridized carbons (Fsp3) is 0.900. The number of aliphatic hydroxyl groups excluding tert-OH is 2. The molecule has 0 aromatic rings. The maximum Gasteiger partial charge on any atom is 0.222 e. The first kappa shape index (κ1) is 13.4. The number of carbonyl (C=O) groups is 1. The Morgan fingerprint density at radius 2 is 1.86 bits per heavy atom. The highest BCUT2D eigenvalue weighted by molar-refractivity contribution is 5.76. The van der Waals surface area contributed by atoms with Gasteiger partial charge in [0.25, 0.3) is 0 Å². The zero-order valence-electron chi connectivity index (χ0n) is 9.07. The van der Waals surface area contributed by atoms with E-state index >= 15 is 0 Å². The fourth-order valence-electron chi connectivity index (χ4n) is 1.31. The Morgan fingerprint density at radius 1 is 1.21 bits per heavy atom. The third-order valence-electron chi connectivity index (χ3n) is 2.08. The highest BCUT2D eigenvalue weighted by Crippen LogP contribution is 2.04. The minimum atomic E-state index is 0.00389. The van der Waals surface area contributed by atoms with Crippen LogP contribution in [0.1, 0.15) is 33.1 Å². The zero-order chi connectivity index (χ0) is 11.0. The van der Waals surface area contributed by atoms with Crippen molar-refractivity contribution in [3.05, 3.63) is 0 Å². The number of hydrogen-bond donors (Lipinski definition) is 2. The number of rotatable bonds is 7. The van der Waals surface area contributed by atoms with E-state index in [0.717, 1.165) is 0 Å². The largest absolute Gasteiger partial charge is 0.396 e. The molecular weight excluding hydrogens is 182 g/mol. The Hall–Kier alpha value is -0.610. The van der Waals surface area contributed by atoms with Crippen LogP contribution in [-0.2, 0) is 4.79 Å². The van der Waals surface area contributed by atoms with Crippen LogP contribution in [0.25, 0.3) is 0 Å². The molecule has 0 saturated carbocycles. The van der Waals surface area contributed by atoms with Gasteiger partial charge < -0.3 is 15.1 Å². The van der Waals surface area contributed by atoms with Crippen LogP contribution in [0.5, 0.6) is 0 Å². The molecule has 14 heavy (non-hydrogen) atoms. The van der Waals surface area contributed by atoms with Crippen molar-refractivity contribution in [3.63, 3.8) is 0 Å². The molecule has 0 aromatic carbocycles. The van der Waals surface area contributed by atoms with Crippen LogP contribution in [0, 0.1) is 0 Å². The van der Waals surface area contributed by atoms with E-state index in [1.807, 2.05) is 13.8 Å². The molecule has 0 aliphatic rings. The second-order valence-corrected chi connectivity index (χ2v) is 3.59. The van der Waals surface area contributed by atoms with Gasteiger partial charge in [-0.2, -0.15) is 0 Å². The van der Waals surface area contributed by atoms with E-state index in [2.05, 4.69) is 0 Å². The SMILES string of the molecule is CC(C)N(CCO)C(=O)CCCCO. The molecule has 0 unspecified atom stereocenters. The van der Waals surface area contributed by atoms with Crippen molar-refractivity contribution >= 4 is 5.91 Å². The molecule has 0 heterocycles. The number of carbonyl (C=O) groups excluding carboxylic acids is 1. The van der Waals surface area contributed by atoms with Gasteiger partial charge in [-0.1, -0.05) is 0 Å². The molecule has 0 saturated heterocycles. The first-order valence-corrected chi connectivity index (χ1v) is 5.14. The van der Waals surface area contributed by atoms with Crippen LogP contribution in [-0.4, -0.2) is 46.8 Å². The van der Waals surface area contributed by atoms with Gasteiger partial charge in [0.05, 0.1) is 6.61 Å². The summed E-state index contributed by atoms with van der Waals surface area (Å²) < 4.78 is 0. The molecule has 0 spiro atoms. The molecule has 2 N–H and O–H groups in total. The Bertz CT molecular complexity index is 159. The second-order valence-electron chi connectivity index (χ2n) is 3.59. The fourth-order valence-corrected chi connectivity index (χ4v) is 1.31. The van der Waals surface area contributed by atoms with Gasteiger partial charge in [-0.15, -0.1) is 0 Å². The van der Waals surface area contributed by atoms with Gasteiger partial charge in [0, 0.05) is 25.6 Å². The highest BCUT2D eigenvalue weighted by Gasteiger charge is 2.15. The van der Waals surface area contributed by atoms with Gasteiger partial charge in [0.2, 0.25) is 5.91 Å². The first-order valence-electron chi connectivity index (χ1n) is 5.14. The summed E-state index contributed by atoms with van der Waals surface area (Å²) in [4.78, 5) is 13.2. The summed E-state index contributed by atoms with van der Waals surface area (Å²) in [5.41, 5.74) is 0. The minimum absolute atomic E-state index is 0.00389. The van der Waals surface area contributed by atoms with Gasteiger partial charge in [-0.25, -0.2) is 0 Å². The summed E-state index contributed by atoms with van der Waals surface area (Å²) in [5, 5.41) is 17.3. The van der Waals surface area contributed by atoms with Crippen LogP contribution in [0.4, 0.5) is 0 Å². The molecule has 0 atom stereocenters. The van der Waals surface area contributed by atoms with E-state index < -0.39 is 0 Å². The van der Waals surface area contributed by atoms with E-state index in [0.29, 0.717) is 25.8 Å². The number of aliphatic hydroxyl groups is 2. The smallest absolute Gasteiger partial charge is 0.222 e. The molecule has 0 aliphatic carbocycles. The van der Waals surface area contributed by atoms with Gasteiger partial charge >= 0.3 is 0 Å². The molecule has 0 aromatic heterocycles. The van der Waals surface area contributed by atoms with E-state index in [1.165, 1.54) is 0 Å². The first-order chi connectivity index (χ1) is 6.63. The van der Waals surface area contributed by atoms with E-state index in [1.54, 1.807) is 4.90 Å². The van der Waals surface area contributed by atoms with Crippen LogP contribution in [0.15, 0.2) is 0 Å². The van der Waals surface area contributed by atoms with E-state index in [-0.39, 0.29) is 25.2 Å².